The molecule has 0 aromatic carbocycles. The zero-order valence-electron chi connectivity index (χ0n) is 6.65. The van der Waals surface area contributed by atoms with Crippen molar-refractivity contribution >= 4 is 5.97 Å². The third-order valence-corrected chi connectivity index (χ3v) is 1.42. The van der Waals surface area contributed by atoms with Crippen molar-refractivity contribution in [3.05, 3.63) is 18.2 Å². The van der Waals surface area contributed by atoms with Crippen LogP contribution in [-0.4, -0.2) is 28.2 Å². The first-order valence-electron chi connectivity index (χ1n) is 3.48. The minimum absolute atomic E-state index is 0.0794. The van der Waals surface area contributed by atoms with E-state index in [2.05, 4.69) is 14.7 Å². The highest BCUT2D eigenvalue weighted by Crippen LogP contribution is 2.11. The lowest BCUT2D eigenvalue weighted by atomic mass is 10.2. The zero-order chi connectivity index (χ0) is 8.97. The number of hydrogen-bond donors (Lipinski definition) is 2. The van der Waals surface area contributed by atoms with Crippen molar-refractivity contribution in [1.29, 1.82) is 0 Å². The van der Waals surface area contributed by atoms with Gasteiger partial charge in [-0.05, 0) is 0 Å². The van der Waals surface area contributed by atoms with Crippen LogP contribution in [0.15, 0.2) is 12.4 Å². The van der Waals surface area contributed by atoms with Gasteiger partial charge in [0, 0.05) is 12.4 Å². The Balaban J connectivity index is 2.49. The molecule has 1 heterocycles. The molecular formula is C7H10N2O3. The van der Waals surface area contributed by atoms with Crippen LogP contribution in [0.25, 0.3) is 0 Å². The molecule has 1 aromatic heterocycles. The topological polar surface area (TPSA) is 75.2 Å². The molecule has 0 unspecified atom stereocenters. The maximum absolute atomic E-state index is 10.7. The molecule has 5 heteroatoms. The second-order valence-electron chi connectivity index (χ2n) is 2.27. The Bertz CT molecular complexity index is 245. The van der Waals surface area contributed by atoms with Crippen molar-refractivity contribution in [2.45, 2.75) is 12.5 Å². The van der Waals surface area contributed by atoms with Crippen LogP contribution in [0, 0.1) is 0 Å². The van der Waals surface area contributed by atoms with Crippen molar-refractivity contribution in [1.82, 2.24) is 9.97 Å². The van der Waals surface area contributed by atoms with Gasteiger partial charge in [0.1, 0.15) is 11.9 Å². The third-order valence-electron chi connectivity index (χ3n) is 1.42. The van der Waals surface area contributed by atoms with E-state index in [1.165, 1.54) is 13.3 Å². The van der Waals surface area contributed by atoms with Crippen LogP contribution < -0.4 is 0 Å². The molecule has 1 atom stereocenters. The van der Waals surface area contributed by atoms with E-state index in [9.17, 15) is 9.90 Å². The SMILES string of the molecule is COC(=O)C[C@H](O)c1ncc[nH]1. The monoisotopic (exact) mass is 170 g/mol. The summed E-state index contributed by atoms with van der Waals surface area (Å²) in [6.07, 6.45) is 2.10. The van der Waals surface area contributed by atoms with E-state index in [0.29, 0.717) is 5.82 Å². The number of aromatic amines is 1. The molecule has 0 aliphatic rings. The van der Waals surface area contributed by atoms with Crippen molar-refractivity contribution in [2.75, 3.05) is 7.11 Å². The number of hydrogen-bond acceptors (Lipinski definition) is 4. The van der Waals surface area contributed by atoms with Crippen LogP contribution in [0.2, 0.25) is 0 Å². The highest BCUT2D eigenvalue weighted by Gasteiger charge is 2.14. The highest BCUT2D eigenvalue weighted by molar-refractivity contribution is 5.69. The van der Waals surface area contributed by atoms with Crippen molar-refractivity contribution in [3.8, 4) is 0 Å². The molecule has 66 valence electrons. The lowest BCUT2D eigenvalue weighted by Crippen LogP contribution is -2.09. The van der Waals surface area contributed by atoms with Crippen LogP contribution in [0.1, 0.15) is 18.3 Å². The zero-order valence-corrected chi connectivity index (χ0v) is 6.65. The van der Waals surface area contributed by atoms with E-state index in [0.717, 1.165) is 0 Å². The van der Waals surface area contributed by atoms with Crippen molar-refractivity contribution < 1.29 is 14.6 Å². The Kier molecular flexibility index (Phi) is 2.82. The summed E-state index contributed by atoms with van der Waals surface area (Å²) in [6.45, 7) is 0. The van der Waals surface area contributed by atoms with Gasteiger partial charge in [-0.2, -0.15) is 0 Å². The first-order valence-corrected chi connectivity index (χ1v) is 3.48. The van der Waals surface area contributed by atoms with Crippen LogP contribution in [0.3, 0.4) is 0 Å². The molecule has 0 spiro atoms. The van der Waals surface area contributed by atoms with Gasteiger partial charge in [0.2, 0.25) is 0 Å². The van der Waals surface area contributed by atoms with E-state index in [-0.39, 0.29) is 6.42 Å². The molecule has 2 N–H and O–H groups in total. The van der Waals surface area contributed by atoms with E-state index in [4.69, 9.17) is 0 Å². The van der Waals surface area contributed by atoms with Gasteiger partial charge in [0.15, 0.2) is 0 Å². The Morgan fingerprint density at radius 1 is 1.92 bits per heavy atom. The second kappa shape index (κ2) is 3.87. The first-order chi connectivity index (χ1) is 5.74. The summed E-state index contributed by atoms with van der Waals surface area (Å²) in [5, 5.41) is 9.32. The highest BCUT2D eigenvalue weighted by atomic mass is 16.5. The molecule has 0 radical (unpaired) electrons. The summed E-state index contributed by atoms with van der Waals surface area (Å²) in [4.78, 5) is 17.2. The largest absolute Gasteiger partial charge is 0.469 e. The number of carbonyl (C=O) groups is 1. The predicted molar refractivity (Wildman–Crippen MR) is 40.2 cm³/mol. The predicted octanol–water partition coefficient (Wildman–Crippen LogP) is 0.00620. The summed E-state index contributed by atoms with van der Waals surface area (Å²) in [5.41, 5.74) is 0. The summed E-state index contributed by atoms with van der Waals surface area (Å²) in [6, 6.07) is 0. The van der Waals surface area contributed by atoms with Crippen molar-refractivity contribution in [3.63, 3.8) is 0 Å². The number of H-pyrrole nitrogens is 1. The Hall–Kier alpha value is -1.36. The summed E-state index contributed by atoms with van der Waals surface area (Å²) < 4.78 is 4.38. The fourth-order valence-corrected chi connectivity index (χ4v) is 0.798. The van der Waals surface area contributed by atoms with Gasteiger partial charge in [-0.3, -0.25) is 4.79 Å². The number of ether oxygens (including phenoxy) is 1. The van der Waals surface area contributed by atoms with Crippen LogP contribution >= 0.6 is 0 Å². The summed E-state index contributed by atoms with van der Waals surface area (Å²) in [7, 11) is 1.27. The number of aromatic nitrogens is 2. The smallest absolute Gasteiger partial charge is 0.308 e. The Labute approximate surface area is 69.4 Å². The van der Waals surface area contributed by atoms with E-state index >= 15 is 0 Å². The number of methoxy groups -OCH3 is 1. The minimum Gasteiger partial charge on any atom is -0.469 e. The Morgan fingerprint density at radius 2 is 2.67 bits per heavy atom. The molecule has 1 aromatic rings. The number of rotatable bonds is 3. The van der Waals surface area contributed by atoms with Crippen LogP contribution in [0.5, 0.6) is 0 Å². The average Bonchev–Trinajstić information content (AvgIpc) is 2.56. The molecule has 0 bridgehead atoms. The maximum Gasteiger partial charge on any atom is 0.308 e. The number of carbonyl (C=O) groups excluding carboxylic acids is 1. The van der Waals surface area contributed by atoms with Gasteiger partial charge in [-0.15, -0.1) is 0 Å². The molecule has 0 saturated heterocycles. The number of imidazole rings is 1. The number of nitrogens with one attached hydrogen (secondary N) is 1. The van der Waals surface area contributed by atoms with Crippen LogP contribution in [-0.2, 0) is 9.53 Å². The van der Waals surface area contributed by atoms with Gasteiger partial charge in [0.25, 0.3) is 0 Å². The maximum atomic E-state index is 10.7. The number of esters is 1. The quantitative estimate of drug-likeness (QED) is 0.626. The van der Waals surface area contributed by atoms with Crippen molar-refractivity contribution in [2.24, 2.45) is 0 Å². The van der Waals surface area contributed by atoms with Gasteiger partial charge in [-0.25, -0.2) is 4.98 Å². The van der Waals surface area contributed by atoms with E-state index in [1.54, 1.807) is 6.20 Å². The van der Waals surface area contributed by atoms with Gasteiger partial charge in [0.05, 0.1) is 13.5 Å². The van der Waals surface area contributed by atoms with Crippen LogP contribution in [0.4, 0.5) is 0 Å². The van der Waals surface area contributed by atoms with E-state index < -0.39 is 12.1 Å². The van der Waals surface area contributed by atoms with E-state index in [1.807, 2.05) is 0 Å². The fraction of sp³-hybridized carbons (Fsp3) is 0.429. The number of aliphatic hydroxyl groups excluding tert-OH is 1. The summed E-state index contributed by atoms with van der Waals surface area (Å²) >= 11 is 0. The lowest BCUT2D eigenvalue weighted by molar-refractivity contribution is -0.143. The molecule has 12 heavy (non-hydrogen) atoms. The molecule has 0 amide bonds. The first kappa shape index (κ1) is 8.73. The van der Waals surface area contributed by atoms with Gasteiger partial charge in [-0.1, -0.05) is 0 Å². The number of nitrogens with zero attached hydrogens (tertiary/aromatic N) is 1. The normalized spacial score (nSPS) is 12.5. The Morgan fingerprint density at radius 3 is 3.17 bits per heavy atom. The minimum atomic E-state index is -0.910. The fourth-order valence-electron chi connectivity index (χ4n) is 0.798. The molecular weight excluding hydrogens is 160 g/mol. The average molecular weight is 170 g/mol. The van der Waals surface area contributed by atoms with Gasteiger partial charge < -0.3 is 14.8 Å². The molecule has 5 nitrogen and oxygen atoms in total. The van der Waals surface area contributed by atoms with Gasteiger partial charge >= 0.3 is 5.97 Å². The molecule has 0 fully saturated rings. The molecule has 0 aliphatic carbocycles. The standard InChI is InChI=1S/C7H10N2O3/c1-12-6(11)4-5(10)7-8-2-3-9-7/h2-3,5,10H,4H2,1H3,(H,8,9)/t5-/m0/s1. The molecule has 0 aliphatic heterocycles. The molecule has 0 saturated carbocycles. The lowest BCUT2D eigenvalue weighted by Gasteiger charge is -2.04. The summed E-state index contributed by atoms with van der Waals surface area (Å²) in [5.74, 6) is -0.0840. The molecule has 1 rings (SSSR count). The number of aliphatic hydroxyl groups is 1. The third kappa shape index (κ3) is 2.06. The second-order valence-corrected chi connectivity index (χ2v) is 2.27.